The summed E-state index contributed by atoms with van der Waals surface area (Å²) in [7, 11) is 0. The molecular weight excluding hydrogens is 224 g/mol. The van der Waals surface area contributed by atoms with E-state index in [1.165, 1.54) is 51.4 Å². The quantitative estimate of drug-likeness (QED) is 0.379. The molecule has 108 valence electrons. The van der Waals surface area contributed by atoms with Crippen LogP contribution >= 0.6 is 0 Å². The Balaban J connectivity index is 3.30. The van der Waals surface area contributed by atoms with Crippen LogP contribution in [0.15, 0.2) is 0 Å². The molecule has 0 aliphatic heterocycles. The van der Waals surface area contributed by atoms with Crippen LogP contribution in [0.3, 0.4) is 0 Å². The van der Waals surface area contributed by atoms with Crippen molar-refractivity contribution in [2.24, 2.45) is 5.92 Å². The number of unbranched alkanes of at least 4 members (excludes halogenated alkanes) is 7. The molecule has 2 heteroatoms. The summed E-state index contributed by atoms with van der Waals surface area (Å²) in [5.74, 6) is -0.0759. The fraction of sp³-hybridized carbons (Fsp3) is 0.938. The third kappa shape index (κ3) is 10.6. The largest absolute Gasteiger partial charge is 0.462 e. The molecule has 0 aromatic heterocycles. The van der Waals surface area contributed by atoms with Gasteiger partial charge < -0.3 is 4.74 Å². The number of carbonyl (C=O) groups is 1. The molecule has 1 unspecified atom stereocenters. The minimum absolute atomic E-state index is 0.00832. The lowest BCUT2D eigenvalue weighted by atomic mass is 10.1. The zero-order chi connectivity index (χ0) is 13.8. The Labute approximate surface area is 113 Å². The summed E-state index contributed by atoms with van der Waals surface area (Å²) in [4.78, 5) is 11.4. The molecule has 2 nitrogen and oxygen atoms in total. The fourth-order valence-electron chi connectivity index (χ4n) is 1.96. The molecule has 0 saturated carbocycles. The highest BCUT2D eigenvalue weighted by Crippen LogP contribution is 2.12. The third-order valence-electron chi connectivity index (χ3n) is 3.25. The van der Waals surface area contributed by atoms with Gasteiger partial charge in [-0.15, -0.1) is 0 Å². The molecule has 0 radical (unpaired) electrons. The smallest absolute Gasteiger partial charge is 0.308 e. The first kappa shape index (κ1) is 17.5. The molecule has 0 heterocycles. The van der Waals surface area contributed by atoms with Crippen molar-refractivity contribution in [3.8, 4) is 0 Å². The highest BCUT2D eigenvalue weighted by molar-refractivity contribution is 5.71. The zero-order valence-corrected chi connectivity index (χ0v) is 12.8. The SMILES string of the molecule is CCCCCCCCCCC(C)OC(=O)C(C)C. The molecule has 1 atom stereocenters. The summed E-state index contributed by atoms with van der Waals surface area (Å²) >= 11 is 0. The number of carbonyl (C=O) groups excluding carboxylic acids is 1. The summed E-state index contributed by atoms with van der Waals surface area (Å²) in [6.45, 7) is 8.01. The molecule has 0 rings (SSSR count). The number of hydrogen-bond acceptors (Lipinski definition) is 2. The highest BCUT2D eigenvalue weighted by Gasteiger charge is 2.12. The van der Waals surface area contributed by atoms with E-state index in [0.29, 0.717) is 0 Å². The van der Waals surface area contributed by atoms with Crippen LogP contribution in [0.1, 0.15) is 85.5 Å². The lowest BCUT2D eigenvalue weighted by Crippen LogP contribution is -2.18. The van der Waals surface area contributed by atoms with Gasteiger partial charge >= 0.3 is 5.97 Å². The zero-order valence-electron chi connectivity index (χ0n) is 12.8. The first-order chi connectivity index (χ1) is 8.57. The molecular formula is C16H32O2. The van der Waals surface area contributed by atoms with Crippen LogP contribution in [0, 0.1) is 5.92 Å². The third-order valence-corrected chi connectivity index (χ3v) is 3.25. The highest BCUT2D eigenvalue weighted by atomic mass is 16.5. The monoisotopic (exact) mass is 256 g/mol. The van der Waals surface area contributed by atoms with Crippen molar-refractivity contribution in [1.82, 2.24) is 0 Å². The van der Waals surface area contributed by atoms with E-state index in [4.69, 9.17) is 4.74 Å². The molecule has 18 heavy (non-hydrogen) atoms. The van der Waals surface area contributed by atoms with Gasteiger partial charge in [0.05, 0.1) is 12.0 Å². The lowest BCUT2D eigenvalue weighted by Gasteiger charge is -2.14. The van der Waals surface area contributed by atoms with E-state index in [-0.39, 0.29) is 18.0 Å². The molecule has 0 fully saturated rings. The topological polar surface area (TPSA) is 26.3 Å². The van der Waals surface area contributed by atoms with Gasteiger partial charge in [0.1, 0.15) is 0 Å². The second kappa shape index (κ2) is 11.6. The number of rotatable bonds is 11. The van der Waals surface area contributed by atoms with Crippen molar-refractivity contribution in [1.29, 1.82) is 0 Å². The van der Waals surface area contributed by atoms with Gasteiger partial charge in [0, 0.05) is 0 Å². The van der Waals surface area contributed by atoms with Crippen LogP contribution in [-0.4, -0.2) is 12.1 Å². The van der Waals surface area contributed by atoms with Crippen molar-refractivity contribution in [3.05, 3.63) is 0 Å². The molecule has 0 aromatic rings. The predicted molar refractivity (Wildman–Crippen MR) is 77.6 cm³/mol. The van der Waals surface area contributed by atoms with E-state index in [1.807, 2.05) is 20.8 Å². The van der Waals surface area contributed by atoms with Gasteiger partial charge in [-0.05, 0) is 19.8 Å². The maximum Gasteiger partial charge on any atom is 0.308 e. The van der Waals surface area contributed by atoms with E-state index in [1.54, 1.807) is 0 Å². The number of ether oxygens (including phenoxy) is 1. The van der Waals surface area contributed by atoms with Crippen LogP contribution in [0.25, 0.3) is 0 Å². The maximum atomic E-state index is 11.4. The molecule has 0 aromatic carbocycles. The van der Waals surface area contributed by atoms with Gasteiger partial charge in [-0.1, -0.05) is 65.7 Å². The maximum absolute atomic E-state index is 11.4. The predicted octanol–water partition coefficient (Wildman–Crippen LogP) is 5.10. The fourth-order valence-corrected chi connectivity index (χ4v) is 1.96. The summed E-state index contributed by atoms with van der Waals surface area (Å²) in [6, 6.07) is 0. The van der Waals surface area contributed by atoms with Crippen LogP contribution in [0.5, 0.6) is 0 Å². The van der Waals surface area contributed by atoms with E-state index in [9.17, 15) is 4.79 Å². The average molecular weight is 256 g/mol. The Hall–Kier alpha value is -0.530. The summed E-state index contributed by atoms with van der Waals surface area (Å²) in [6.07, 6.45) is 11.7. The Morgan fingerprint density at radius 3 is 1.89 bits per heavy atom. The van der Waals surface area contributed by atoms with Crippen LogP contribution in [0.2, 0.25) is 0 Å². The van der Waals surface area contributed by atoms with Gasteiger partial charge in [-0.2, -0.15) is 0 Å². The first-order valence-electron chi connectivity index (χ1n) is 7.78. The first-order valence-corrected chi connectivity index (χ1v) is 7.78. The van der Waals surface area contributed by atoms with Crippen molar-refractivity contribution in [2.45, 2.75) is 91.6 Å². The minimum Gasteiger partial charge on any atom is -0.462 e. The second-order valence-electron chi connectivity index (χ2n) is 5.67. The minimum atomic E-state index is -0.0675. The van der Waals surface area contributed by atoms with Gasteiger partial charge in [-0.3, -0.25) is 4.79 Å². The number of esters is 1. The summed E-state index contributed by atoms with van der Waals surface area (Å²) in [5.41, 5.74) is 0. The van der Waals surface area contributed by atoms with Crippen molar-refractivity contribution >= 4 is 5.97 Å². The lowest BCUT2D eigenvalue weighted by molar-refractivity contribution is -0.152. The number of hydrogen-bond donors (Lipinski definition) is 0. The van der Waals surface area contributed by atoms with Crippen LogP contribution < -0.4 is 0 Å². The summed E-state index contributed by atoms with van der Waals surface area (Å²) in [5, 5.41) is 0. The summed E-state index contributed by atoms with van der Waals surface area (Å²) < 4.78 is 5.33. The normalized spacial score (nSPS) is 12.7. The van der Waals surface area contributed by atoms with Crippen molar-refractivity contribution in [2.75, 3.05) is 0 Å². The van der Waals surface area contributed by atoms with Gasteiger partial charge in [0.15, 0.2) is 0 Å². The Morgan fingerprint density at radius 2 is 1.39 bits per heavy atom. The molecule has 0 spiro atoms. The van der Waals surface area contributed by atoms with E-state index >= 15 is 0 Å². The molecule has 0 aliphatic rings. The van der Waals surface area contributed by atoms with E-state index in [0.717, 1.165) is 6.42 Å². The van der Waals surface area contributed by atoms with Crippen LogP contribution in [0.4, 0.5) is 0 Å². The Bertz CT molecular complexity index is 199. The van der Waals surface area contributed by atoms with Crippen molar-refractivity contribution < 1.29 is 9.53 Å². The van der Waals surface area contributed by atoms with Crippen LogP contribution in [-0.2, 0) is 9.53 Å². The molecule has 0 bridgehead atoms. The van der Waals surface area contributed by atoms with Crippen molar-refractivity contribution in [3.63, 3.8) is 0 Å². The molecule has 0 N–H and O–H groups in total. The van der Waals surface area contributed by atoms with E-state index < -0.39 is 0 Å². The Kier molecular flexibility index (Phi) is 11.2. The van der Waals surface area contributed by atoms with Gasteiger partial charge in [0.2, 0.25) is 0 Å². The van der Waals surface area contributed by atoms with Gasteiger partial charge in [0.25, 0.3) is 0 Å². The van der Waals surface area contributed by atoms with Gasteiger partial charge in [-0.25, -0.2) is 0 Å². The molecule has 0 saturated heterocycles. The average Bonchev–Trinajstić information content (AvgIpc) is 2.32. The molecule has 0 amide bonds. The standard InChI is InChI=1S/C16H32O2/c1-5-6-7-8-9-10-11-12-13-15(4)18-16(17)14(2)3/h14-15H,5-13H2,1-4H3. The molecule has 0 aliphatic carbocycles. The van der Waals surface area contributed by atoms with E-state index in [2.05, 4.69) is 6.92 Å². The second-order valence-corrected chi connectivity index (χ2v) is 5.67. The Morgan fingerprint density at radius 1 is 0.889 bits per heavy atom.